The van der Waals surface area contributed by atoms with Crippen LogP contribution in [0.4, 0.5) is 0 Å². The number of hydrogen-bond donors (Lipinski definition) is 1. The normalized spacial score (nSPS) is 16.5. The van der Waals surface area contributed by atoms with E-state index < -0.39 is 12.0 Å². The van der Waals surface area contributed by atoms with Crippen molar-refractivity contribution in [3.63, 3.8) is 0 Å². The number of carboxylic acids is 1. The quantitative estimate of drug-likeness (QED) is 0.265. The highest BCUT2D eigenvalue weighted by molar-refractivity contribution is 5.74. The van der Waals surface area contributed by atoms with Crippen LogP contribution in [0.5, 0.6) is 11.5 Å². The summed E-state index contributed by atoms with van der Waals surface area (Å²) in [5.74, 6) is 0.519. The largest absolute Gasteiger partial charge is 0.493 e. The van der Waals surface area contributed by atoms with Crippen molar-refractivity contribution in [1.29, 1.82) is 0 Å². The molecule has 1 fully saturated rings. The van der Waals surface area contributed by atoms with E-state index in [1.54, 1.807) is 7.11 Å². The van der Waals surface area contributed by atoms with Gasteiger partial charge >= 0.3 is 5.97 Å². The van der Waals surface area contributed by atoms with E-state index in [2.05, 4.69) is 41.3 Å². The number of rotatable bonds is 9. The number of hydrogen-bond acceptors (Lipinski definition) is 4. The van der Waals surface area contributed by atoms with Crippen LogP contribution in [0.25, 0.3) is 11.1 Å². The summed E-state index contributed by atoms with van der Waals surface area (Å²) in [5.41, 5.74) is 5.39. The number of likely N-dealkylation sites (tertiary alicyclic amines) is 1. The summed E-state index contributed by atoms with van der Waals surface area (Å²) in [6, 6.07) is 33.9. The first-order valence-corrected chi connectivity index (χ1v) is 13.1. The molecular weight excluding hydrogens is 474 g/mol. The summed E-state index contributed by atoms with van der Waals surface area (Å²) in [7, 11) is 1.64. The Morgan fingerprint density at radius 1 is 0.842 bits per heavy atom. The predicted octanol–water partition coefficient (Wildman–Crippen LogP) is 6.97. The van der Waals surface area contributed by atoms with Crippen LogP contribution in [0.1, 0.15) is 42.0 Å². The Morgan fingerprint density at radius 2 is 1.50 bits per heavy atom. The van der Waals surface area contributed by atoms with E-state index >= 15 is 0 Å². The molecule has 1 aliphatic heterocycles. The smallest absolute Gasteiger partial charge is 0.320 e. The van der Waals surface area contributed by atoms with Crippen molar-refractivity contribution >= 4 is 5.97 Å². The summed E-state index contributed by atoms with van der Waals surface area (Å²) in [6.07, 6.45) is 2.53. The fraction of sp³-hybridized carbons (Fsp3) is 0.242. The van der Waals surface area contributed by atoms with Crippen LogP contribution in [0, 0.1) is 0 Å². The third-order valence-corrected chi connectivity index (χ3v) is 7.24. The second-order valence-corrected chi connectivity index (χ2v) is 9.66. The Kier molecular flexibility index (Phi) is 8.05. The average molecular weight is 508 g/mol. The first kappa shape index (κ1) is 25.6. The van der Waals surface area contributed by atoms with E-state index in [1.165, 1.54) is 0 Å². The second kappa shape index (κ2) is 12.0. The minimum Gasteiger partial charge on any atom is -0.493 e. The van der Waals surface area contributed by atoms with Gasteiger partial charge in [-0.25, -0.2) is 0 Å². The maximum Gasteiger partial charge on any atom is 0.320 e. The zero-order chi connectivity index (χ0) is 26.3. The van der Waals surface area contributed by atoms with Crippen LogP contribution in [-0.2, 0) is 11.4 Å². The molecule has 0 bridgehead atoms. The number of benzene rings is 4. The number of carbonyl (C=O) groups is 1. The van der Waals surface area contributed by atoms with E-state index in [0.717, 1.165) is 47.2 Å². The maximum atomic E-state index is 12.3. The van der Waals surface area contributed by atoms with E-state index in [-0.39, 0.29) is 6.04 Å². The molecule has 5 nitrogen and oxygen atoms in total. The van der Waals surface area contributed by atoms with E-state index in [4.69, 9.17) is 9.47 Å². The molecule has 0 spiro atoms. The van der Waals surface area contributed by atoms with Gasteiger partial charge in [0.1, 0.15) is 12.6 Å². The topological polar surface area (TPSA) is 59.0 Å². The van der Waals surface area contributed by atoms with E-state index in [1.807, 2.05) is 66.7 Å². The third-order valence-electron chi connectivity index (χ3n) is 7.24. The van der Waals surface area contributed by atoms with Crippen LogP contribution in [0.15, 0.2) is 103 Å². The van der Waals surface area contributed by atoms with Gasteiger partial charge in [0.05, 0.1) is 13.2 Å². The lowest BCUT2D eigenvalue weighted by molar-refractivity contribution is -0.145. The summed E-state index contributed by atoms with van der Waals surface area (Å²) in [4.78, 5) is 14.4. The van der Waals surface area contributed by atoms with Crippen molar-refractivity contribution in [2.75, 3.05) is 13.7 Å². The molecule has 1 N–H and O–H groups in total. The Hall–Kier alpha value is -4.09. The van der Waals surface area contributed by atoms with Gasteiger partial charge in [-0.15, -0.1) is 0 Å². The van der Waals surface area contributed by atoms with Crippen molar-refractivity contribution in [3.05, 3.63) is 120 Å². The molecule has 0 radical (unpaired) electrons. The molecule has 0 amide bonds. The molecule has 1 heterocycles. The van der Waals surface area contributed by atoms with Gasteiger partial charge in [-0.2, -0.15) is 0 Å². The van der Waals surface area contributed by atoms with Crippen molar-refractivity contribution in [2.24, 2.45) is 0 Å². The van der Waals surface area contributed by atoms with Gasteiger partial charge in [0.15, 0.2) is 11.5 Å². The zero-order valence-corrected chi connectivity index (χ0v) is 21.6. The minimum atomic E-state index is -0.773. The first-order valence-electron chi connectivity index (χ1n) is 13.1. The Morgan fingerprint density at radius 3 is 2.18 bits per heavy atom. The molecule has 2 unspecified atom stereocenters. The molecule has 5 heteroatoms. The average Bonchev–Trinajstić information content (AvgIpc) is 2.98. The molecule has 2 atom stereocenters. The van der Waals surface area contributed by atoms with E-state index in [0.29, 0.717) is 24.5 Å². The Balaban J connectivity index is 1.50. The highest BCUT2D eigenvalue weighted by atomic mass is 16.5. The van der Waals surface area contributed by atoms with Gasteiger partial charge in [0.25, 0.3) is 0 Å². The number of carboxylic acid groups (broad SMARTS) is 1. The molecule has 0 saturated carbocycles. The molecule has 0 aliphatic carbocycles. The molecule has 38 heavy (non-hydrogen) atoms. The summed E-state index contributed by atoms with van der Waals surface area (Å²) >= 11 is 0. The molecule has 1 aliphatic rings. The number of piperidine rings is 1. The van der Waals surface area contributed by atoms with Crippen LogP contribution in [-0.4, -0.2) is 35.7 Å². The maximum absolute atomic E-state index is 12.3. The summed E-state index contributed by atoms with van der Waals surface area (Å²) in [5, 5.41) is 10.1. The lowest BCUT2D eigenvalue weighted by Crippen LogP contribution is -2.46. The molecule has 5 rings (SSSR count). The zero-order valence-electron chi connectivity index (χ0n) is 21.6. The van der Waals surface area contributed by atoms with Crippen LogP contribution >= 0.6 is 0 Å². The van der Waals surface area contributed by atoms with Gasteiger partial charge in [-0.05, 0) is 59.3 Å². The molecule has 4 aromatic rings. The van der Waals surface area contributed by atoms with Crippen molar-refractivity contribution in [3.8, 4) is 22.6 Å². The van der Waals surface area contributed by atoms with Gasteiger partial charge in [-0.1, -0.05) is 97.4 Å². The molecule has 0 aromatic heterocycles. The molecule has 194 valence electrons. The van der Waals surface area contributed by atoms with Crippen LogP contribution < -0.4 is 9.47 Å². The fourth-order valence-corrected chi connectivity index (χ4v) is 5.30. The third kappa shape index (κ3) is 5.74. The Labute approximate surface area is 224 Å². The van der Waals surface area contributed by atoms with Gasteiger partial charge in [-0.3, -0.25) is 9.69 Å². The number of aliphatic carboxylic acids is 1. The molecular formula is C33H33NO4. The van der Waals surface area contributed by atoms with Gasteiger partial charge in [0, 0.05) is 0 Å². The number of nitrogens with zero attached hydrogens (tertiary/aromatic N) is 1. The van der Waals surface area contributed by atoms with E-state index in [9.17, 15) is 9.90 Å². The standard InChI is InChI=1S/C33H33NO4/c1-37-31-22-28(19-20-30(31)38-23-24-10-4-2-5-11-24)32(34-21-9-8-14-29(34)33(35)36)27-17-15-26(16-18-27)25-12-6-3-7-13-25/h2-7,10-13,15-20,22,29,32H,8-9,14,21,23H2,1H3,(H,35,36). The summed E-state index contributed by atoms with van der Waals surface area (Å²) in [6.45, 7) is 1.16. The minimum absolute atomic E-state index is 0.224. The second-order valence-electron chi connectivity index (χ2n) is 9.66. The van der Waals surface area contributed by atoms with Gasteiger partial charge in [0.2, 0.25) is 0 Å². The Bertz CT molecular complexity index is 1340. The van der Waals surface area contributed by atoms with Crippen LogP contribution in [0.3, 0.4) is 0 Å². The lowest BCUT2D eigenvalue weighted by Gasteiger charge is -2.39. The van der Waals surface area contributed by atoms with Crippen molar-refractivity contribution < 1.29 is 19.4 Å². The first-order chi connectivity index (χ1) is 18.6. The van der Waals surface area contributed by atoms with Crippen molar-refractivity contribution in [1.82, 2.24) is 4.90 Å². The van der Waals surface area contributed by atoms with Crippen LogP contribution in [0.2, 0.25) is 0 Å². The molecule has 4 aromatic carbocycles. The SMILES string of the molecule is COc1cc(C(c2ccc(-c3ccccc3)cc2)N2CCCCC2C(=O)O)ccc1OCc1ccccc1. The fourth-order valence-electron chi connectivity index (χ4n) is 5.30. The lowest BCUT2D eigenvalue weighted by atomic mass is 9.90. The van der Waals surface area contributed by atoms with Crippen molar-refractivity contribution in [2.45, 2.75) is 38.0 Å². The molecule has 1 saturated heterocycles. The number of ether oxygens (including phenoxy) is 2. The number of methoxy groups -OCH3 is 1. The monoisotopic (exact) mass is 507 g/mol. The summed E-state index contributed by atoms with van der Waals surface area (Å²) < 4.78 is 11.8. The highest BCUT2D eigenvalue weighted by Crippen LogP contribution is 2.39. The van der Waals surface area contributed by atoms with Gasteiger partial charge < -0.3 is 14.6 Å². The highest BCUT2D eigenvalue weighted by Gasteiger charge is 2.35. The predicted molar refractivity (Wildman–Crippen MR) is 149 cm³/mol.